The standard InChI is InChI=1S/C25H28F3N7O/c1-36-20-4-2-3-19(22(20)30)23(31)34-21(29)8-10-35-9-7-15-5-6-16(11-17(15)14-35)18-12-32-24(33-13-18)25(26,27)28/h2-6,11-13,21H,7-10,14,29-30H2,1H3,(H2,31,34). The van der Waals surface area contributed by atoms with E-state index >= 15 is 0 Å². The first-order chi connectivity index (χ1) is 17.2. The summed E-state index contributed by atoms with van der Waals surface area (Å²) in [5.74, 6) is -0.371. The van der Waals surface area contributed by atoms with Gasteiger partial charge in [0.05, 0.1) is 12.8 Å². The van der Waals surface area contributed by atoms with Gasteiger partial charge in [0.2, 0.25) is 5.82 Å². The summed E-state index contributed by atoms with van der Waals surface area (Å²) in [6.45, 7) is 2.27. The summed E-state index contributed by atoms with van der Waals surface area (Å²) in [6, 6.07) is 11.2. The second-order valence-electron chi connectivity index (χ2n) is 8.59. The van der Waals surface area contributed by atoms with E-state index in [0.717, 1.165) is 24.1 Å². The van der Waals surface area contributed by atoms with Crippen molar-refractivity contribution in [1.82, 2.24) is 14.9 Å². The summed E-state index contributed by atoms with van der Waals surface area (Å²) in [7, 11) is 1.53. The van der Waals surface area contributed by atoms with Crippen molar-refractivity contribution < 1.29 is 17.9 Å². The lowest BCUT2D eigenvalue weighted by Gasteiger charge is -2.29. The Balaban J connectivity index is 1.39. The third-order valence-corrected chi connectivity index (χ3v) is 6.14. The van der Waals surface area contributed by atoms with Gasteiger partial charge in [0.15, 0.2) is 0 Å². The summed E-state index contributed by atoms with van der Waals surface area (Å²) >= 11 is 0. The van der Waals surface area contributed by atoms with Crippen molar-refractivity contribution in [3.05, 3.63) is 71.3 Å². The van der Waals surface area contributed by atoms with E-state index in [9.17, 15) is 13.2 Å². The lowest BCUT2D eigenvalue weighted by Crippen LogP contribution is -2.35. The summed E-state index contributed by atoms with van der Waals surface area (Å²) < 4.78 is 43.5. The largest absolute Gasteiger partial charge is 0.495 e. The zero-order chi connectivity index (χ0) is 25.9. The van der Waals surface area contributed by atoms with Crippen LogP contribution in [-0.4, -0.2) is 47.1 Å². The van der Waals surface area contributed by atoms with Crippen LogP contribution in [0.3, 0.4) is 0 Å². The summed E-state index contributed by atoms with van der Waals surface area (Å²) in [6.07, 6.45) is -1.21. The monoisotopic (exact) mass is 499 g/mol. The molecule has 0 amide bonds. The Morgan fingerprint density at radius 2 is 1.89 bits per heavy atom. The molecule has 36 heavy (non-hydrogen) atoms. The van der Waals surface area contributed by atoms with Gasteiger partial charge in [-0.05, 0) is 47.7 Å². The number of hydrogen-bond acceptors (Lipinski definition) is 7. The van der Waals surface area contributed by atoms with Gasteiger partial charge < -0.3 is 21.9 Å². The highest BCUT2D eigenvalue weighted by Gasteiger charge is 2.34. The minimum Gasteiger partial charge on any atom is -0.495 e. The van der Waals surface area contributed by atoms with Crippen LogP contribution in [0, 0.1) is 0 Å². The Bertz CT molecular complexity index is 1250. The molecule has 1 aliphatic rings. The number of hydrogen-bond donors (Lipinski definition) is 3. The van der Waals surface area contributed by atoms with Crippen molar-refractivity contribution in [3.8, 4) is 16.9 Å². The molecule has 2 heterocycles. The van der Waals surface area contributed by atoms with Gasteiger partial charge in [-0.3, -0.25) is 4.90 Å². The van der Waals surface area contributed by atoms with Crippen LogP contribution in [0.25, 0.3) is 11.1 Å². The molecule has 0 radical (unpaired) electrons. The Morgan fingerprint density at radius 1 is 1.14 bits per heavy atom. The maximum Gasteiger partial charge on any atom is 0.451 e. The molecule has 3 aromatic rings. The Labute approximate surface area is 207 Å². The maximum atomic E-state index is 12.8. The van der Waals surface area contributed by atoms with E-state index in [-0.39, 0.29) is 5.84 Å². The molecule has 0 fully saturated rings. The van der Waals surface area contributed by atoms with Gasteiger partial charge in [0, 0.05) is 43.2 Å². The number of fused-ring (bicyclic) bond motifs is 1. The molecule has 0 spiro atoms. The lowest BCUT2D eigenvalue weighted by molar-refractivity contribution is -0.144. The van der Waals surface area contributed by atoms with Crippen molar-refractivity contribution >= 4 is 11.5 Å². The fourth-order valence-corrected chi connectivity index (χ4v) is 4.18. The molecule has 11 heteroatoms. The molecule has 4 rings (SSSR count). The second kappa shape index (κ2) is 10.5. The van der Waals surface area contributed by atoms with Gasteiger partial charge in [0.25, 0.3) is 0 Å². The number of anilines is 1. The highest BCUT2D eigenvalue weighted by Crippen LogP contribution is 2.29. The van der Waals surface area contributed by atoms with Crippen molar-refractivity contribution in [2.24, 2.45) is 16.5 Å². The van der Waals surface area contributed by atoms with Crippen LogP contribution in [0.5, 0.6) is 5.75 Å². The number of methoxy groups -OCH3 is 1. The van der Waals surface area contributed by atoms with Crippen LogP contribution < -0.4 is 21.9 Å². The number of nitrogens with two attached hydrogens (primary N) is 3. The molecule has 1 atom stereocenters. The molecule has 0 saturated heterocycles. The third kappa shape index (κ3) is 5.74. The third-order valence-electron chi connectivity index (χ3n) is 6.14. The van der Waals surface area contributed by atoms with Crippen molar-refractivity contribution in [1.29, 1.82) is 0 Å². The molecule has 8 nitrogen and oxygen atoms in total. The molecule has 0 aliphatic carbocycles. The zero-order valence-electron chi connectivity index (χ0n) is 19.8. The van der Waals surface area contributed by atoms with Crippen LogP contribution >= 0.6 is 0 Å². The topological polar surface area (TPSA) is 129 Å². The Kier molecular flexibility index (Phi) is 7.41. The molecule has 0 bridgehead atoms. The van der Waals surface area contributed by atoms with E-state index in [0.29, 0.717) is 42.1 Å². The number of para-hydroxylation sites is 1. The molecule has 190 valence electrons. The van der Waals surface area contributed by atoms with Crippen LogP contribution in [0.1, 0.15) is 28.9 Å². The zero-order valence-corrected chi connectivity index (χ0v) is 19.8. The lowest BCUT2D eigenvalue weighted by atomic mass is 9.95. The first-order valence-corrected chi connectivity index (χ1v) is 11.4. The number of halogens is 3. The number of benzene rings is 2. The number of rotatable bonds is 7. The number of ether oxygens (including phenoxy) is 1. The smallest absolute Gasteiger partial charge is 0.451 e. The average Bonchev–Trinajstić information content (AvgIpc) is 2.86. The Morgan fingerprint density at radius 3 is 2.58 bits per heavy atom. The van der Waals surface area contributed by atoms with Crippen molar-refractivity contribution in [3.63, 3.8) is 0 Å². The minimum atomic E-state index is -4.56. The van der Waals surface area contributed by atoms with Crippen LogP contribution in [0.2, 0.25) is 0 Å². The second-order valence-corrected chi connectivity index (χ2v) is 8.59. The molecular formula is C25H28F3N7O. The van der Waals surface area contributed by atoms with Gasteiger partial charge in [-0.1, -0.05) is 18.2 Å². The van der Waals surface area contributed by atoms with Crippen LogP contribution in [0.15, 0.2) is 53.8 Å². The summed E-state index contributed by atoms with van der Waals surface area (Å²) in [5, 5.41) is 0. The predicted molar refractivity (Wildman–Crippen MR) is 132 cm³/mol. The fourth-order valence-electron chi connectivity index (χ4n) is 4.18. The molecule has 0 saturated carbocycles. The number of alkyl halides is 3. The Hall–Kier alpha value is -3.70. The molecule has 1 aromatic heterocycles. The number of aromatic nitrogens is 2. The van der Waals surface area contributed by atoms with E-state index in [2.05, 4.69) is 19.9 Å². The van der Waals surface area contributed by atoms with Crippen molar-refractivity contribution in [2.75, 3.05) is 25.9 Å². The predicted octanol–water partition coefficient (Wildman–Crippen LogP) is 3.19. The fraction of sp³-hybridized carbons (Fsp3) is 0.320. The quantitative estimate of drug-likeness (QED) is 0.259. The molecule has 2 aromatic carbocycles. The van der Waals surface area contributed by atoms with Crippen molar-refractivity contribution in [2.45, 2.75) is 31.7 Å². The molecule has 1 unspecified atom stereocenters. The van der Waals surface area contributed by atoms with Gasteiger partial charge in [-0.2, -0.15) is 13.2 Å². The highest BCUT2D eigenvalue weighted by molar-refractivity contribution is 6.03. The van der Waals surface area contributed by atoms with Gasteiger partial charge in [-0.15, -0.1) is 0 Å². The first-order valence-electron chi connectivity index (χ1n) is 11.4. The normalized spacial score (nSPS) is 15.4. The van der Waals surface area contributed by atoms with Gasteiger partial charge in [-0.25, -0.2) is 15.0 Å². The SMILES string of the molecule is COc1cccc(C(N)=NC(N)CCN2CCc3ccc(-c4cnc(C(F)(F)F)nc4)cc3C2)c1N. The molecule has 6 N–H and O–H groups in total. The number of amidine groups is 1. The molecular weight excluding hydrogens is 471 g/mol. The number of aliphatic imine (C=N–C) groups is 1. The highest BCUT2D eigenvalue weighted by atomic mass is 19.4. The average molecular weight is 500 g/mol. The minimum absolute atomic E-state index is 0.256. The summed E-state index contributed by atoms with van der Waals surface area (Å²) in [4.78, 5) is 13.6. The van der Waals surface area contributed by atoms with Gasteiger partial charge in [0.1, 0.15) is 17.8 Å². The molecule has 1 aliphatic heterocycles. The van der Waals surface area contributed by atoms with Crippen LogP contribution in [0.4, 0.5) is 18.9 Å². The maximum absolute atomic E-state index is 12.8. The van der Waals surface area contributed by atoms with Crippen LogP contribution in [-0.2, 0) is 19.1 Å². The van der Waals surface area contributed by atoms with Gasteiger partial charge >= 0.3 is 6.18 Å². The van der Waals surface area contributed by atoms with E-state index in [1.807, 2.05) is 18.2 Å². The number of nitrogen functional groups attached to an aromatic ring is 1. The number of nitrogens with zero attached hydrogens (tertiary/aromatic N) is 4. The summed E-state index contributed by atoms with van der Waals surface area (Å²) in [5.41, 5.74) is 23.1. The van der Waals surface area contributed by atoms with E-state index in [1.165, 1.54) is 25.1 Å². The first kappa shape index (κ1) is 25.4. The van der Waals surface area contributed by atoms with E-state index in [1.54, 1.807) is 18.2 Å². The van der Waals surface area contributed by atoms with E-state index in [4.69, 9.17) is 21.9 Å². The van der Waals surface area contributed by atoms with E-state index < -0.39 is 18.2 Å².